The Morgan fingerprint density at radius 1 is 1.19 bits per heavy atom. The molecule has 0 radical (unpaired) electrons. The van der Waals surface area contributed by atoms with Gasteiger partial charge in [0.25, 0.3) is 5.91 Å². The van der Waals surface area contributed by atoms with Gasteiger partial charge in [0, 0.05) is 37.1 Å². The molecular weight excluding hydrogens is 421 g/mol. The molecule has 5 rings (SSSR count). The van der Waals surface area contributed by atoms with Crippen LogP contribution in [0.15, 0.2) is 30.7 Å². The molecule has 0 bridgehead atoms. The Balaban J connectivity index is 1.54. The number of carbonyl (C=O) groups is 1. The highest BCUT2D eigenvalue weighted by atomic mass is 19.2. The molecule has 3 aromatic heterocycles. The van der Waals surface area contributed by atoms with Crippen LogP contribution in [0.2, 0.25) is 0 Å². The van der Waals surface area contributed by atoms with Crippen molar-refractivity contribution in [2.75, 3.05) is 6.54 Å². The molecule has 1 atom stereocenters. The molecule has 0 unspecified atom stereocenters. The van der Waals surface area contributed by atoms with Crippen LogP contribution in [0.5, 0.6) is 0 Å². The first-order valence-electron chi connectivity index (χ1n) is 10.1. The number of halogens is 3. The minimum Gasteiger partial charge on any atom is -0.328 e. The van der Waals surface area contributed by atoms with E-state index in [1.807, 2.05) is 13.8 Å². The van der Waals surface area contributed by atoms with Crippen molar-refractivity contribution in [3.63, 3.8) is 0 Å². The van der Waals surface area contributed by atoms with Crippen molar-refractivity contribution >= 4 is 11.4 Å². The Bertz CT molecular complexity index is 1370. The Morgan fingerprint density at radius 2 is 1.91 bits per heavy atom. The summed E-state index contributed by atoms with van der Waals surface area (Å²) in [5.41, 5.74) is 3.04. The second-order valence-electron chi connectivity index (χ2n) is 7.85. The van der Waals surface area contributed by atoms with Crippen molar-refractivity contribution in [2.45, 2.75) is 26.3 Å². The third-order valence-corrected chi connectivity index (χ3v) is 5.99. The quantitative estimate of drug-likeness (QED) is 0.447. The molecule has 0 saturated heterocycles. The summed E-state index contributed by atoms with van der Waals surface area (Å²) in [6.45, 7) is 4.03. The van der Waals surface area contributed by atoms with E-state index in [0.717, 1.165) is 17.7 Å². The summed E-state index contributed by atoms with van der Waals surface area (Å²) in [7, 11) is 1.66. The van der Waals surface area contributed by atoms with Crippen molar-refractivity contribution in [1.82, 2.24) is 29.0 Å². The predicted octanol–water partition coefficient (Wildman–Crippen LogP) is 3.62. The van der Waals surface area contributed by atoms with Gasteiger partial charge in [0.2, 0.25) is 0 Å². The number of aromatic nitrogens is 5. The van der Waals surface area contributed by atoms with Crippen LogP contribution in [0.4, 0.5) is 13.2 Å². The van der Waals surface area contributed by atoms with Gasteiger partial charge >= 0.3 is 0 Å². The summed E-state index contributed by atoms with van der Waals surface area (Å²) in [5.74, 6) is -3.59. The van der Waals surface area contributed by atoms with E-state index in [4.69, 9.17) is 0 Å². The number of hydrogen-bond acceptors (Lipinski definition) is 4. The SMILES string of the molecule is Cc1nc(C(=O)N2CCc3c(nn(C)c3-c3cc(F)c(F)c(F)c3)[C@@H]2C)c2cnccn12. The van der Waals surface area contributed by atoms with Crippen LogP contribution in [-0.4, -0.2) is 41.5 Å². The van der Waals surface area contributed by atoms with Gasteiger partial charge in [-0.2, -0.15) is 5.10 Å². The first kappa shape index (κ1) is 20.2. The average Bonchev–Trinajstić information content (AvgIpc) is 3.29. The van der Waals surface area contributed by atoms with E-state index in [9.17, 15) is 18.0 Å². The number of fused-ring (bicyclic) bond motifs is 2. The van der Waals surface area contributed by atoms with Gasteiger partial charge in [0.1, 0.15) is 5.82 Å². The number of imidazole rings is 1. The molecule has 1 amide bonds. The number of nitrogens with zero attached hydrogens (tertiary/aromatic N) is 6. The zero-order chi connectivity index (χ0) is 22.7. The maximum absolute atomic E-state index is 13.8. The maximum Gasteiger partial charge on any atom is 0.275 e. The summed E-state index contributed by atoms with van der Waals surface area (Å²) < 4.78 is 44.4. The summed E-state index contributed by atoms with van der Waals surface area (Å²) in [4.78, 5) is 23.6. The minimum absolute atomic E-state index is 0.200. The second kappa shape index (κ2) is 7.18. The Kier molecular flexibility index (Phi) is 4.54. The standard InChI is InChI=1S/C22H19F3N6O/c1-11-19-14(21(29(3)28-19)13-8-15(23)18(25)16(24)9-13)4-6-30(11)22(32)20-17-10-26-5-7-31(17)12(2)27-20/h5,7-11H,4,6H2,1-3H3/t11-/m0/s1. The predicted molar refractivity (Wildman–Crippen MR) is 109 cm³/mol. The highest BCUT2D eigenvalue weighted by molar-refractivity contribution is 5.99. The molecule has 0 saturated carbocycles. The van der Waals surface area contributed by atoms with Crippen LogP contribution >= 0.6 is 0 Å². The summed E-state index contributed by atoms with van der Waals surface area (Å²) in [6, 6.07) is 1.53. The van der Waals surface area contributed by atoms with Crippen LogP contribution in [0.25, 0.3) is 16.8 Å². The highest BCUT2D eigenvalue weighted by Crippen LogP contribution is 2.37. The number of hydrogen-bond donors (Lipinski definition) is 0. The fraction of sp³-hybridized carbons (Fsp3) is 0.273. The molecule has 7 nitrogen and oxygen atoms in total. The van der Waals surface area contributed by atoms with E-state index in [1.165, 1.54) is 4.68 Å². The number of rotatable bonds is 2. The van der Waals surface area contributed by atoms with E-state index >= 15 is 0 Å². The lowest BCUT2D eigenvalue weighted by Crippen LogP contribution is -2.39. The largest absolute Gasteiger partial charge is 0.328 e. The van der Waals surface area contributed by atoms with Crippen LogP contribution in [0.1, 0.15) is 40.5 Å². The molecule has 4 aromatic rings. The average molecular weight is 440 g/mol. The van der Waals surface area contributed by atoms with E-state index < -0.39 is 23.5 Å². The van der Waals surface area contributed by atoms with Gasteiger partial charge in [0.05, 0.1) is 29.1 Å². The number of carbonyl (C=O) groups excluding carboxylic acids is 1. The van der Waals surface area contributed by atoms with Crippen molar-refractivity contribution < 1.29 is 18.0 Å². The molecule has 0 fully saturated rings. The van der Waals surface area contributed by atoms with Crippen molar-refractivity contribution in [3.05, 3.63) is 71.0 Å². The molecule has 0 N–H and O–H groups in total. The zero-order valence-corrected chi connectivity index (χ0v) is 17.6. The molecule has 4 heterocycles. The van der Waals surface area contributed by atoms with Crippen molar-refractivity contribution in [1.29, 1.82) is 0 Å². The smallest absolute Gasteiger partial charge is 0.275 e. The van der Waals surface area contributed by atoms with Crippen LogP contribution < -0.4 is 0 Å². The van der Waals surface area contributed by atoms with Crippen molar-refractivity contribution in [3.8, 4) is 11.3 Å². The van der Waals surface area contributed by atoms with Gasteiger partial charge in [0.15, 0.2) is 23.1 Å². The monoisotopic (exact) mass is 440 g/mol. The van der Waals surface area contributed by atoms with Crippen LogP contribution in [0, 0.1) is 24.4 Å². The first-order chi connectivity index (χ1) is 15.3. The molecule has 0 spiro atoms. The molecular formula is C22H19F3N6O. The fourth-order valence-corrected chi connectivity index (χ4v) is 4.46. The summed E-state index contributed by atoms with van der Waals surface area (Å²) in [6.07, 6.45) is 5.41. The summed E-state index contributed by atoms with van der Waals surface area (Å²) in [5, 5.41) is 4.53. The number of benzene rings is 1. The Hall–Kier alpha value is -3.69. The molecule has 32 heavy (non-hydrogen) atoms. The topological polar surface area (TPSA) is 68.3 Å². The maximum atomic E-state index is 13.8. The van der Waals surface area contributed by atoms with Gasteiger partial charge < -0.3 is 9.30 Å². The number of aryl methyl sites for hydroxylation is 2. The minimum atomic E-state index is -1.51. The Morgan fingerprint density at radius 3 is 2.62 bits per heavy atom. The lowest BCUT2D eigenvalue weighted by molar-refractivity contribution is 0.0670. The number of amides is 1. The zero-order valence-electron chi connectivity index (χ0n) is 17.6. The third-order valence-electron chi connectivity index (χ3n) is 5.99. The second-order valence-corrected chi connectivity index (χ2v) is 7.85. The van der Waals surface area contributed by atoms with E-state index in [1.54, 1.807) is 34.9 Å². The van der Waals surface area contributed by atoms with Gasteiger partial charge in [-0.3, -0.25) is 14.5 Å². The summed E-state index contributed by atoms with van der Waals surface area (Å²) >= 11 is 0. The van der Waals surface area contributed by atoms with Gasteiger partial charge in [-0.1, -0.05) is 0 Å². The molecule has 10 heteroatoms. The first-order valence-corrected chi connectivity index (χ1v) is 10.1. The highest BCUT2D eigenvalue weighted by Gasteiger charge is 2.35. The normalized spacial score (nSPS) is 15.9. The van der Waals surface area contributed by atoms with E-state index in [0.29, 0.717) is 41.4 Å². The van der Waals surface area contributed by atoms with E-state index in [-0.39, 0.29) is 11.5 Å². The molecule has 1 aliphatic rings. The molecule has 164 valence electrons. The molecule has 1 aliphatic heterocycles. The van der Waals surface area contributed by atoms with Crippen LogP contribution in [-0.2, 0) is 13.5 Å². The third kappa shape index (κ3) is 2.89. The van der Waals surface area contributed by atoms with Gasteiger partial charge in [-0.15, -0.1) is 0 Å². The lowest BCUT2D eigenvalue weighted by Gasteiger charge is -2.32. The van der Waals surface area contributed by atoms with Crippen molar-refractivity contribution in [2.24, 2.45) is 7.05 Å². The fourth-order valence-electron chi connectivity index (χ4n) is 4.46. The van der Waals surface area contributed by atoms with Gasteiger partial charge in [-0.25, -0.2) is 18.2 Å². The molecule has 0 aliphatic carbocycles. The molecule has 1 aromatic carbocycles. The van der Waals surface area contributed by atoms with E-state index in [2.05, 4.69) is 15.1 Å². The van der Waals surface area contributed by atoms with Gasteiger partial charge in [-0.05, 0) is 32.4 Å². The van der Waals surface area contributed by atoms with Crippen LogP contribution in [0.3, 0.4) is 0 Å². The Labute approximate surface area is 181 Å². The lowest BCUT2D eigenvalue weighted by atomic mass is 9.95.